The lowest BCUT2D eigenvalue weighted by Crippen LogP contribution is -2.55. The van der Waals surface area contributed by atoms with Gasteiger partial charge in [-0.2, -0.15) is 0 Å². The molecule has 0 N–H and O–H groups in total. The van der Waals surface area contributed by atoms with Gasteiger partial charge in [-0.1, -0.05) is 18.2 Å². The number of amides is 3. The summed E-state index contributed by atoms with van der Waals surface area (Å²) < 4.78 is 4.88. The molecule has 0 atom stereocenters. The number of piperidine rings is 2. The molecule has 4 rings (SSSR count). The van der Waals surface area contributed by atoms with Gasteiger partial charge in [0.15, 0.2) is 0 Å². The van der Waals surface area contributed by atoms with Gasteiger partial charge in [-0.05, 0) is 37.8 Å². The normalized spacial score (nSPS) is 22.3. The predicted molar refractivity (Wildman–Crippen MR) is 99.2 cm³/mol. The van der Waals surface area contributed by atoms with E-state index in [-0.39, 0.29) is 23.8 Å². The second-order valence-corrected chi connectivity index (χ2v) is 7.59. The highest BCUT2D eigenvalue weighted by atomic mass is 16.6. The molecule has 1 spiro atoms. The Morgan fingerprint density at radius 1 is 1.00 bits per heavy atom. The molecular weight excluding hydrogens is 346 g/mol. The molecular formula is C20H25N3O4. The summed E-state index contributed by atoms with van der Waals surface area (Å²) in [6, 6.07) is 9.81. The van der Waals surface area contributed by atoms with Crippen LogP contribution in [-0.4, -0.2) is 67.0 Å². The summed E-state index contributed by atoms with van der Waals surface area (Å²) in [6.07, 6.45) is 2.82. The summed E-state index contributed by atoms with van der Waals surface area (Å²) in [5.74, 6) is 0.127. The lowest BCUT2D eigenvalue weighted by Gasteiger charge is -2.46. The Labute approximate surface area is 158 Å². The monoisotopic (exact) mass is 371 g/mol. The zero-order valence-electron chi connectivity index (χ0n) is 15.4. The zero-order chi connectivity index (χ0) is 18.9. The van der Waals surface area contributed by atoms with Crippen LogP contribution in [0.25, 0.3) is 0 Å². The standard InChI is InChI=1S/C20H25N3O4/c24-17(15-22-13-14-27-19(22)26)21-11-8-20(9-12-21)7-4-10-23(18(20)25)16-5-2-1-3-6-16/h1-3,5-6H,4,7-15H2. The lowest BCUT2D eigenvalue weighted by atomic mass is 9.71. The summed E-state index contributed by atoms with van der Waals surface area (Å²) in [5.41, 5.74) is 0.588. The maximum absolute atomic E-state index is 13.3. The average Bonchev–Trinajstić information content (AvgIpc) is 3.10. The highest BCUT2D eigenvalue weighted by Crippen LogP contribution is 2.42. The van der Waals surface area contributed by atoms with Crippen LogP contribution in [0, 0.1) is 5.41 Å². The number of para-hydroxylation sites is 1. The molecule has 7 heteroatoms. The van der Waals surface area contributed by atoms with Crippen molar-refractivity contribution in [3.8, 4) is 0 Å². The van der Waals surface area contributed by atoms with Crippen LogP contribution in [0.4, 0.5) is 10.5 Å². The van der Waals surface area contributed by atoms with Crippen molar-refractivity contribution in [1.29, 1.82) is 0 Å². The first-order chi connectivity index (χ1) is 13.1. The molecule has 3 saturated heterocycles. The molecule has 3 aliphatic rings. The number of hydrogen-bond donors (Lipinski definition) is 0. The summed E-state index contributed by atoms with van der Waals surface area (Å²) in [7, 11) is 0. The molecule has 3 fully saturated rings. The Morgan fingerprint density at radius 2 is 1.74 bits per heavy atom. The van der Waals surface area contributed by atoms with E-state index in [4.69, 9.17) is 4.74 Å². The maximum Gasteiger partial charge on any atom is 0.410 e. The first-order valence-electron chi connectivity index (χ1n) is 9.66. The van der Waals surface area contributed by atoms with Crippen molar-refractivity contribution in [2.75, 3.05) is 44.2 Å². The number of benzene rings is 1. The second-order valence-electron chi connectivity index (χ2n) is 7.59. The molecule has 0 aliphatic carbocycles. The van der Waals surface area contributed by atoms with Crippen molar-refractivity contribution < 1.29 is 19.1 Å². The minimum Gasteiger partial charge on any atom is -0.448 e. The van der Waals surface area contributed by atoms with E-state index in [9.17, 15) is 14.4 Å². The van der Waals surface area contributed by atoms with E-state index < -0.39 is 6.09 Å². The number of likely N-dealkylation sites (tertiary alicyclic amines) is 1. The third kappa shape index (κ3) is 3.38. The predicted octanol–water partition coefficient (Wildman–Crippen LogP) is 1.87. The van der Waals surface area contributed by atoms with Crippen LogP contribution in [0.3, 0.4) is 0 Å². The molecule has 0 unspecified atom stereocenters. The van der Waals surface area contributed by atoms with Crippen molar-refractivity contribution in [1.82, 2.24) is 9.80 Å². The zero-order valence-corrected chi connectivity index (χ0v) is 15.4. The first kappa shape index (κ1) is 17.8. The van der Waals surface area contributed by atoms with E-state index in [0.29, 0.717) is 39.1 Å². The molecule has 0 bridgehead atoms. The van der Waals surface area contributed by atoms with Gasteiger partial charge in [-0.3, -0.25) is 14.5 Å². The molecule has 3 aliphatic heterocycles. The molecule has 0 saturated carbocycles. The van der Waals surface area contributed by atoms with Gasteiger partial charge in [0.2, 0.25) is 11.8 Å². The van der Waals surface area contributed by atoms with Gasteiger partial charge in [0.05, 0.1) is 12.0 Å². The maximum atomic E-state index is 13.3. The number of carbonyl (C=O) groups is 3. The number of ether oxygens (including phenoxy) is 1. The van der Waals surface area contributed by atoms with E-state index in [1.807, 2.05) is 35.2 Å². The van der Waals surface area contributed by atoms with Crippen LogP contribution >= 0.6 is 0 Å². The number of nitrogens with zero attached hydrogens (tertiary/aromatic N) is 3. The molecule has 0 aromatic heterocycles. The van der Waals surface area contributed by atoms with Crippen molar-refractivity contribution in [3.05, 3.63) is 30.3 Å². The first-order valence-corrected chi connectivity index (χ1v) is 9.66. The Morgan fingerprint density at radius 3 is 2.41 bits per heavy atom. The third-order valence-corrected chi connectivity index (χ3v) is 6.05. The minimum atomic E-state index is -0.419. The Kier molecular flexibility index (Phi) is 4.76. The summed E-state index contributed by atoms with van der Waals surface area (Å²) in [6.45, 7) is 2.76. The number of cyclic esters (lactones) is 1. The van der Waals surface area contributed by atoms with Gasteiger partial charge >= 0.3 is 6.09 Å². The topological polar surface area (TPSA) is 70.2 Å². The molecule has 3 amide bonds. The van der Waals surface area contributed by atoms with Gasteiger partial charge in [0, 0.05) is 25.3 Å². The fourth-order valence-corrected chi connectivity index (χ4v) is 4.41. The smallest absolute Gasteiger partial charge is 0.410 e. The van der Waals surface area contributed by atoms with Crippen molar-refractivity contribution in [2.45, 2.75) is 25.7 Å². The van der Waals surface area contributed by atoms with Crippen LogP contribution in [-0.2, 0) is 14.3 Å². The Hall–Kier alpha value is -2.57. The fourth-order valence-electron chi connectivity index (χ4n) is 4.41. The number of rotatable bonds is 3. The molecule has 3 heterocycles. The van der Waals surface area contributed by atoms with Gasteiger partial charge in [0.1, 0.15) is 13.2 Å². The Bertz CT molecular complexity index is 728. The van der Waals surface area contributed by atoms with Crippen LogP contribution in [0.1, 0.15) is 25.7 Å². The molecule has 7 nitrogen and oxygen atoms in total. The number of anilines is 1. The summed E-state index contributed by atoms with van der Waals surface area (Å²) >= 11 is 0. The third-order valence-electron chi connectivity index (χ3n) is 6.05. The highest BCUT2D eigenvalue weighted by Gasteiger charge is 2.46. The molecule has 0 radical (unpaired) electrons. The van der Waals surface area contributed by atoms with E-state index >= 15 is 0 Å². The summed E-state index contributed by atoms with van der Waals surface area (Å²) in [4.78, 5) is 42.4. The van der Waals surface area contributed by atoms with E-state index in [0.717, 1.165) is 25.1 Å². The van der Waals surface area contributed by atoms with Gasteiger partial charge in [-0.25, -0.2) is 4.79 Å². The second kappa shape index (κ2) is 7.21. The lowest BCUT2D eigenvalue weighted by molar-refractivity contribution is -0.140. The average molecular weight is 371 g/mol. The van der Waals surface area contributed by atoms with E-state index in [1.165, 1.54) is 4.90 Å². The van der Waals surface area contributed by atoms with Gasteiger partial charge in [-0.15, -0.1) is 0 Å². The molecule has 1 aromatic carbocycles. The Balaban J connectivity index is 1.39. The van der Waals surface area contributed by atoms with Crippen LogP contribution in [0.5, 0.6) is 0 Å². The van der Waals surface area contributed by atoms with Crippen molar-refractivity contribution >= 4 is 23.6 Å². The molecule has 1 aromatic rings. The SMILES string of the molecule is O=C(CN1CCOC1=O)N1CCC2(CCCN(c3ccccc3)C2=O)CC1. The van der Waals surface area contributed by atoms with Crippen LogP contribution in [0.2, 0.25) is 0 Å². The largest absolute Gasteiger partial charge is 0.448 e. The van der Waals surface area contributed by atoms with E-state index in [2.05, 4.69) is 0 Å². The van der Waals surface area contributed by atoms with Gasteiger partial charge in [0.25, 0.3) is 0 Å². The quantitative estimate of drug-likeness (QED) is 0.813. The number of carbonyl (C=O) groups excluding carboxylic acids is 3. The minimum absolute atomic E-state index is 0.0631. The fraction of sp³-hybridized carbons (Fsp3) is 0.550. The molecule has 27 heavy (non-hydrogen) atoms. The number of hydrogen-bond acceptors (Lipinski definition) is 4. The van der Waals surface area contributed by atoms with Crippen LogP contribution in [0.15, 0.2) is 30.3 Å². The van der Waals surface area contributed by atoms with Crippen LogP contribution < -0.4 is 4.90 Å². The van der Waals surface area contributed by atoms with Crippen molar-refractivity contribution in [2.24, 2.45) is 5.41 Å². The van der Waals surface area contributed by atoms with Gasteiger partial charge < -0.3 is 14.5 Å². The molecule has 144 valence electrons. The van der Waals surface area contributed by atoms with Crippen molar-refractivity contribution in [3.63, 3.8) is 0 Å². The highest BCUT2D eigenvalue weighted by molar-refractivity contribution is 5.98. The van der Waals surface area contributed by atoms with E-state index in [1.54, 1.807) is 4.90 Å². The summed E-state index contributed by atoms with van der Waals surface area (Å²) in [5, 5.41) is 0.